The van der Waals surface area contributed by atoms with E-state index in [0.29, 0.717) is 18.5 Å². The van der Waals surface area contributed by atoms with Gasteiger partial charge in [0.2, 0.25) is 0 Å². The molecule has 1 fully saturated rings. The van der Waals surface area contributed by atoms with Crippen LogP contribution in [0.25, 0.3) is 0 Å². The Labute approximate surface area is 141 Å². The first-order valence-electron chi connectivity index (χ1n) is 8.06. The van der Waals surface area contributed by atoms with Gasteiger partial charge in [-0.1, -0.05) is 17.8 Å². The van der Waals surface area contributed by atoms with Crippen LogP contribution < -0.4 is 4.74 Å². The van der Waals surface area contributed by atoms with Crippen molar-refractivity contribution in [3.8, 4) is 5.75 Å². The van der Waals surface area contributed by atoms with Crippen molar-refractivity contribution in [1.82, 2.24) is 14.8 Å². The van der Waals surface area contributed by atoms with Crippen LogP contribution in [0.15, 0.2) is 23.4 Å². The molecule has 0 amide bonds. The van der Waals surface area contributed by atoms with Crippen molar-refractivity contribution in [1.29, 1.82) is 0 Å². The van der Waals surface area contributed by atoms with E-state index in [9.17, 15) is 5.11 Å². The third-order valence-corrected chi connectivity index (χ3v) is 5.08. The zero-order chi connectivity index (χ0) is 16.2. The van der Waals surface area contributed by atoms with Gasteiger partial charge in [-0.3, -0.25) is 0 Å². The summed E-state index contributed by atoms with van der Waals surface area (Å²) >= 11 is 1.69. The largest absolute Gasteiger partial charge is 0.494 e. The molecule has 1 saturated carbocycles. The van der Waals surface area contributed by atoms with Crippen LogP contribution in [-0.2, 0) is 6.61 Å². The smallest absolute Gasteiger partial charge is 0.191 e. The highest BCUT2D eigenvalue weighted by Gasteiger charge is 2.29. The van der Waals surface area contributed by atoms with Gasteiger partial charge < -0.3 is 14.4 Å². The number of hydrogen-bond donors (Lipinski definition) is 1. The fourth-order valence-corrected chi connectivity index (χ4v) is 3.37. The Balaban J connectivity index is 1.45. The summed E-state index contributed by atoms with van der Waals surface area (Å²) in [4.78, 5) is 0. The lowest BCUT2D eigenvalue weighted by Gasteiger charge is -2.09. The van der Waals surface area contributed by atoms with Crippen molar-refractivity contribution < 1.29 is 9.84 Å². The fourth-order valence-electron chi connectivity index (χ4n) is 2.43. The normalized spacial score (nSPS) is 14.2. The third-order valence-electron chi connectivity index (χ3n) is 4.06. The Morgan fingerprint density at radius 1 is 1.26 bits per heavy atom. The molecule has 1 aromatic heterocycles. The number of aryl methyl sites for hydroxylation is 2. The number of benzene rings is 1. The molecular formula is C17H23N3O2S. The molecule has 6 heteroatoms. The van der Waals surface area contributed by atoms with Gasteiger partial charge in [-0.15, -0.1) is 10.2 Å². The molecule has 0 spiro atoms. The lowest BCUT2D eigenvalue weighted by molar-refractivity contribution is 0.263. The first-order valence-corrected chi connectivity index (χ1v) is 9.05. The van der Waals surface area contributed by atoms with Crippen molar-refractivity contribution in [2.24, 2.45) is 0 Å². The monoisotopic (exact) mass is 333 g/mol. The van der Waals surface area contributed by atoms with Crippen LogP contribution in [0.2, 0.25) is 0 Å². The number of hydrogen-bond acceptors (Lipinski definition) is 5. The summed E-state index contributed by atoms with van der Waals surface area (Å²) in [7, 11) is 0. The molecule has 0 aliphatic heterocycles. The van der Waals surface area contributed by atoms with Crippen LogP contribution in [0.1, 0.15) is 42.3 Å². The average Bonchev–Trinajstić information content (AvgIpc) is 3.30. The Bertz CT molecular complexity index is 668. The van der Waals surface area contributed by atoms with E-state index in [1.807, 2.05) is 6.07 Å². The Morgan fingerprint density at radius 2 is 2.09 bits per heavy atom. The summed E-state index contributed by atoms with van der Waals surface area (Å²) in [5.74, 6) is 2.55. The van der Waals surface area contributed by atoms with Gasteiger partial charge >= 0.3 is 0 Å². The Kier molecular flexibility index (Phi) is 5.23. The number of thioether (sulfide) groups is 1. The second kappa shape index (κ2) is 7.36. The number of nitrogens with zero attached hydrogens (tertiary/aromatic N) is 3. The lowest BCUT2D eigenvalue weighted by atomic mass is 10.1. The average molecular weight is 333 g/mol. The Morgan fingerprint density at radius 3 is 2.78 bits per heavy atom. The molecule has 1 aromatic carbocycles. The van der Waals surface area contributed by atoms with E-state index in [-0.39, 0.29) is 6.61 Å². The predicted octanol–water partition coefficient (Wildman–Crippen LogP) is 3.28. The molecule has 1 heterocycles. The molecule has 5 nitrogen and oxygen atoms in total. The molecule has 124 valence electrons. The maximum absolute atomic E-state index is 9.33. The van der Waals surface area contributed by atoms with Gasteiger partial charge in [-0.2, -0.15) is 0 Å². The molecule has 0 radical (unpaired) electrons. The summed E-state index contributed by atoms with van der Waals surface area (Å²) in [6, 6.07) is 6.68. The lowest BCUT2D eigenvalue weighted by Crippen LogP contribution is -2.04. The zero-order valence-electron chi connectivity index (χ0n) is 13.7. The molecule has 23 heavy (non-hydrogen) atoms. The first kappa shape index (κ1) is 16.3. The van der Waals surface area contributed by atoms with Gasteiger partial charge in [0.1, 0.15) is 12.4 Å². The number of aliphatic hydroxyl groups excluding tert-OH is 1. The summed E-state index contributed by atoms with van der Waals surface area (Å²) in [5.41, 5.74) is 2.54. The first-order chi connectivity index (χ1) is 11.2. The maximum Gasteiger partial charge on any atom is 0.191 e. The fraction of sp³-hybridized carbons (Fsp3) is 0.529. The quantitative estimate of drug-likeness (QED) is 0.593. The van der Waals surface area contributed by atoms with Crippen LogP contribution >= 0.6 is 11.8 Å². The molecule has 0 atom stereocenters. The van der Waals surface area contributed by atoms with Gasteiger partial charge in [-0.05, 0) is 56.4 Å². The minimum absolute atomic E-state index is 0.0417. The molecule has 1 aliphatic carbocycles. The molecule has 0 unspecified atom stereocenters. The van der Waals surface area contributed by atoms with Crippen LogP contribution in [0, 0.1) is 13.8 Å². The number of aliphatic hydroxyl groups is 1. The SMILES string of the molecule is Cc1ccc(OCCCSc2nnc(CO)n2C2CC2)cc1C. The molecule has 1 aliphatic rings. The van der Waals surface area contributed by atoms with Crippen LogP contribution in [0.5, 0.6) is 5.75 Å². The van der Waals surface area contributed by atoms with Crippen molar-refractivity contribution in [2.45, 2.75) is 50.9 Å². The molecule has 0 saturated heterocycles. The van der Waals surface area contributed by atoms with Crippen LogP contribution in [0.3, 0.4) is 0 Å². The number of ether oxygens (including phenoxy) is 1. The van der Waals surface area contributed by atoms with Crippen molar-refractivity contribution in [3.63, 3.8) is 0 Å². The molecule has 3 rings (SSSR count). The van der Waals surface area contributed by atoms with E-state index in [0.717, 1.165) is 35.9 Å². The zero-order valence-corrected chi connectivity index (χ0v) is 14.5. The molecule has 0 bridgehead atoms. The van der Waals surface area contributed by atoms with Gasteiger partial charge in [-0.25, -0.2) is 0 Å². The van der Waals surface area contributed by atoms with Crippen molar-refractivity contribution >= 4 is 11.8 Å². The molecular weight excluding hydrogens is 310 g/mol. The van der Waals surface area contributed by atoms with Crippen LogP contribution in [0.4, 0.5) is 0 Å². The molecule has 2 aromatic rings. The summed E-state index contributed by atoms with van der Waals surface area (Å²) < 4.78 is 7.89. The standard InChI is InChI=1S/C17H23N3O2S/c1-12-4-7-15(10-13(12)2)22-8-3-9-23-17-19-18-16(11-21)20(17)14-5-6-14/h4,7,10,14,21H,3,5-6,8-9,11H2,1-2H3. The highest BCUT2D eigenvalue weighted by molar-refractivity contribution is 7.99. The Hall–Kier alpha value is -1.53. The summed E-state index contributed by atoms with van der Waals surface area (Å²) in [6.45, 7) is 4.85. The van der Waals surface area contributed by atoms with E-state index < -0.39 is 0 Å². The van der Waals surface area contributed by atoms with Crippen molar-refractivity contribution in [3.05, 3.63) is 35.2 Å². The highest BCUT2D eigenvalue weighted by atomic mass is 32.2. The van der Waals surface area contributed by atoms with Gasteiger partial charge in [0, 0.05) is 11.8 Å². The molecule has 1 N–H and O–H groups in total. The minimum Gasteiger partial charge on any atom is -0.494 e. The van der Waals surface area contributed by atoms with E-state index in [1.165, 1.54) is 11.1 Å². The van der Waals surface area contributed by atoms with Gasteiger partial charge in [0.15, 0.2) is 11.0 Å². The minimum atomic E-state index is -0.0417. The van der Waals surface area contributed by atoms with Gasteiger partial charge in [0.25, 0.3) is 0 Å². The maximum atomic E-state index is 9.33. The van der Waals surface area contributed by atoms with E-state index in [1.54, 1.807) is 11.8 Å². The van der Waals surface area contributed by atoms with Crippen LogP contribution in [-0.4, -0.2) is 32.2 Å². The topological polar surface area (TPSA) is 60.2 Å². The van der Waals surface area contributed by atoms with E-state index in [2.05, 4.69) is 40.7 Å². The van der Waals surface area contributed by atoms with Crippen molar-refractivity contribution in [2.75, 3.05) is 12.4 Å². The van der Waals surface area contributed by atoms with Gasteiger partial charge in [0.05, 0.1) is 6.61 Å². The summed E-state index contributed by atoms with van der Waals surface area (Å²) in [5, 5.41) is 18.5. The summed E-state index contributed by atoms with van der Waals surface area (Å²) in [6.07, 6.45) is 3.27. The van der Waals surface area contributed by atoms with E-state index in [4.69, 9.17) is 4.74 Å². The van der Waals surface area contributed by atoms with E-state index >= 15 is 0 Å². The highest BCUT2D eigenvalue weighted by Crippen LogP contribution is 2.38. The predicted molar refractivity (Wildman–Crippen MR) is 91.0 cm³/mol. The second-order valence-corrected chi connectivity index (χ2v) is 7.02. The number of aromatic nitrogens is 3. The second-order valence-electron chi connectivity index (χ2n) is 5.95. The number of rotatable bonds is 8. The third kappa shape index (κ3) is 4.06.